The molecule has 110 valence electrons. The molecule has 0 N–H and O–H groups in total. The number of methoxy groups -OCH3 is 1. The van der Waals surface area contributed by atoms with Crippen LogP contribution in [0.25, 0.3) is 0 Å². The topological polar surface area (TPSA) is 44.4 Å². The average molecular weight is 282 g/mol. The third-order valence-corrected chi connectivity index (χ3v) is 3.78. The highest BCUT2D eigenvalue weighted by Gasteiger charge is 2.12. The van der Waals surface area contributed by atoms with Crippen LogP contribution in [-0.2, 0) is 6.42 Å². The zero-order chi connectivity index (χ0) is 14.9. The number of hydrogen-bond donors (Lipinski definition) is 0. The summed E-state index contributed by atoms with van der Waals surface area (Å²) in [5.74, 6) is 1.25. The van der Waals surface area contributed by atoms with Crippen LogP contribution in [0.2, 0.25) is 0 Å². The van der Waals surface area contributed by atoms with E-state index in [0.717, 1.165) is 31.4 Å². The molecule has 0 aliphatic heterocycles. The molecule has 0 saturated heterocycles. The molecule has 1 unspecified atom stereocenters. The molecule has 21 heavy (non-hydrogen) atoms. The molecule has 1 aromatic heterocycles. The second kappa shape index (κ2) is 8.42. The van der Waals surface area contributed by atoms with E-state index < -0.39 is 0 Å². The van der Waals surface area contributed by atoms with Gasteiger partial charge >= 0.3 is 0 Å². The van der Waals surface area contributed by atoms with Crippen LogP contribution in [-0.4, -0.2) is 18.6 Å². The standard InChI is InChI=1S/C18H22N2O/c1-21-18-9-3-8-17(13-18)16(10-11-19)7-2-5-15-6-4-12-20-14-15/h3-4,6,8-9,12-14,16H,2,5,7,10-11H2,1H3. The Labute approximate surface area is 127 Å². The summed E-state index contributed by atoms with van der Waals surface area (Å²) < 4.78 is 5.29. The molecule has 2 aromatic rings. The molecule has 0 aliphatic rings. The van der Waals surface area contributed by atoms with Crippen molar-refractivity contribution in [2.75, 3.05) is 13.7 Å². The third kappa shape index (κ3) is 4.87. The summed E-state index contributed by atoms with van der Waals surface area (Å²) >= 11 is 0. The minimum Gasteiger partial charge on any atom is -0.497 e. The third-order valence-electron chi connectivity index (χ3n) is 3.78. The fourth-order valence-electron chi connectivity index (χ4n) is 2.63. The molecule has 1 heterocycles. The average Bonchev–Trinajstić information content (AvgIpc) is 2.55. The molecule has 0 fully saturated rings. The van der Waals surface area contributed by atoms with Crippen molar-refractivity contribution in [3.05, 3.63) is 59.9 Å². The van der Waals surface area contributed by atoms with Gasteiger partial charge in [-0.3, -0.25) is 4.98 Å². The molecule has 0 amide bonds. The van der Waals surface area contributed by atoms with Crippen molar-refractivity contribution in [2.45, 2.75) is 31.6 Å². The highest BCUT2D eigenvalue weighted by Crippen LogP contribution is 2.28. The van der Waals surface area contributed by atoms with Gasteiger partial charge in [0.1, 0.15) is 5.75 Å². The maximum absolute atomic E-state index is 9.30. The number of ether oxygens (including phenoxy) is 1. The van der Waals surface area contributed by atoms with E-state index in [1.54, 1.807) is 13.3 Å². The summed E-state index contributed by atoms with van der Waals surface area (Å²) in [5.41, 5.74) is 11.8. The van der Waals surface area contributed by atoms with Crippen molar-refractivity contribution < 1.29 is 4.74 Å². The number of aromatic nitrogens is 1. The summed E-state index contributed by atoms with van der Waals surface area (Å²) in [7, 11) is 1.68. The lowest BCUT2D eigenvalue weighted by molar-refractivity contribution is 0.413. The maximum Gasteiger partial charge on any atom is 0.119 e. The quantitative estimate of drug-likeness (QED) is 0.741. The lowest BCUT2D eigenvalue weighted by Crippen LogP contribution is -2.04. The lowest BCUT2D eigenvalue weighted by Gasteiger charge is -2.17. The van der Waals surface area contributed by atoms with E-state index >= 15 is 0 Å². The molecule has 0 spiro atoms. The van der Waals surface area contributed by atoms with Crippen LogP contribution in [0.3, 0.4) is 0 Å². The predicted molar refractivity (Wildman–Crippen MR) is 84.5 cm³/mol. The largest absolute Gasteiger partial charge is 0.497 e. The van der Waals surface area contributed by atoms with Crippen LogP contribution >= 0.6 is 0 Å². The Morgan fingerprint density at radius 3 is 2.81 bits per heavy atom. The van der Waals surface area contributed by atoms with Gasteiger partial charge in [0.25, 0.3) is 0 Å². The van der Waals surface area contributed by atoms with Gasteiger partial charge in [-0.1, -0.05) is 18.2 Å². The van der Waals surface area contributed by atoms with Gasteiger partial charge in [0.2, 0.25) is 0 Å². The number of nitrogens with zero attached hydrogens (tertiary/aromatic N) is 2. The second-order valence-corrected chi connectivity index (χ2v) is 5.24. The molecule has 1 aromatic carbocycles. The Balaban J connectivity index is 1.95. The normalized spacial score (nSPS) is 12.1. The molecule has 1 atom stereocenters. The summed E-state index contributed by atoms with van der Waals surface area (Å²) in [6.45, 7) is 0.217. The van der Waals surface area contributed by atoms with Gasteiger partial charge in [-0.05, 0) is 60.9 Å². The fourth-order valence-corrected chi connectivity index (χ4v) is 2.63. The molecule has 0 aliphatic carbocycles. The SMILES string of the molecule is COc1cccc(C(CC[N])CCCc2cccnc2)c1. The molecule has 2 rings (SSSR count). The molecule has 3 heteroatoms. The van der Waals surface area contributed by atoms with E-state index in [-0.39, 0.29) is 6.54 Å². The summed E-state index contributed by atoms with van der Waals surface area (Å²) in [4.78, 5) is 4.14. The Hall–Kier alpha value is -1.87. The van der Waals surface area contributed by atoms with E-state index in [0.29, 0.717) is 5.92 Å². The van der Waals surface area contributed by atoms with Gasteiger partial charge in [-0.15, -0.1) is 5.73 Å². The van der Waals surface area contributed by atoms with Gasteiger partial charge in [-0.25, -0.2) is 0 Å². The van der Waals surface area contributed by atoms with Crippen LogP contribution in [0.5, 0.6) is 5.75 Å². The van der Waals surface area contributed by atoms with Gasteiger partial charge in [-0.2, -0.15) is 0 Å². The Morgan fingerprint density at radius 1 is 1.19 bits per heavy atom. The first-order valence-electron chi connectivity index (χ1n) is 7.47. The zero-order valence-corrected chi connectivity index (χ0v) is 12.5. The number of hydrogen-bond acceptors (Lipinski definition) is 2. The number of rotatable bonds is 8. The van der Waals surface area contributed by atoms with E-state index in [2.05, 4.69) is 23.2 Å². The highest BCUT2D eigenvalue weighted by molar-refractivity contribution is 5.30. The number of benzene rings is 1. The van der Waals surface area contributed by atoms with Crippen molar-refractivity contribution in [3.8, 4) is 5.75 Å². The highest BCUT2D eigenvalue weighted by atomic mass is 16.5. The second-order valence-electron chi connectivity index (χ2n) is 5.24. The van der Waals surface area contributed by atoms with Crippen molar-refractivity contribution in [2.24, 2.45) is 0 Å². The molecular formula is C18H22N2O. The van der Waals surface area contributed by atoms with Crippen molar-refractivity contribution in [3.63, 3.8) is 0 Å². The summed E-state index contributed by atoms with van der Waals surface area (Å²) in [6, 6.07) is 12.2. The van der Waals surface area contributed by atoms with Crippen LogP contribution in [0.4, 0.5) is 0 Å². The summed E-state index contributed by atoms with van der Waals surface area (Å²) in [5, 5.41) is 0. The van der Waals surface area contributed by atoms with E-state index in [9.17, 15) is 5.73 Å². The zero-order valence-electron chi connectivity index (χ0n) is 12.5. The van der Waals surface area contributed by atoms with Crippen molar-refractivity contribution in [1.29, 1.82) is 0 Å². The molecule has 2 radical (unpaired) electrons. The maximum atomic E-state index is 9.30. The smallest absolute Gasteiger partial charge is 0.119 e. The van der Waals surface area contributed by atoms with Crippen molar-refractivity contribution >= 4 is 0 Å². The molecule has 3 nitrogen and oxygen atoms in total. The minimum absolute atomic E-state index is 0.217. The van der Waals surface area contributed by atoms with Gasteiger partial charge in [0, 0.05) is 18.9 Å². The molecular weight excluding hydrogens is 260 g/mol. The van der Waals surface area contributed by atoms with Crippen molar-refractivity contribution in [1.82, 2.24) is 10.7 Å². The first-order valence-corrected chi connectivity index (χ1v) is 7.47. The van der Waals surface area contributed by atoms with Crippen LogP contribution in [0.15, 0.2) is 48.8 Å². The van der Waals surface area contributed by atoms with Crippen LogP contribution < -0.4 is 10.5 Å². The molecule has 0 saturated carbocycles. The van der Waals surface area contributed by atoms with Crippen LogP contribution in [0, 0.1) is 0 Å². The monoisotopic (exact) mass is 282 g/mol. The number of aryl methyl sites for hydroxylation is 1. The Kier molecular flexibility index (Phi) is 6.22. The first kappa shape index (κ1) is 15.5. The van der Waals surface area contributed by atoms with E-state index in [4.69, 9.17) is 4.74 Å². The first-order chi connectivity index (χ1) is 10.3. The molecule has 0 bridgehead atoms. The number of pyridine rings is 1. The Bertz CT molecular complexity index is 528. The van der Waals surface area contributed by atoms with E-state index in [1.807, 2.05) is 24.4 Å². The lowest BCUT2D eigenvalue weighted by atomic mass is 9.90. The van der Waals surface area contributed by atoms with E-state index in [1.165, 1.54) is 11.1 Å². The minimum atomic E-state index is 0.217. The van der Waals surface area contributed by atoms with Gasteiger partial charge < -0.3 is 4.74 Å². The van der Waals surface area contributed by atoms with Crippen LogP contribution in [0.1, 0.15) is 36.3 Å². The predicted octanol–water partition coefficient (Wildman–Crippen LogP) is 3.66. The fraction of sp³-hybridized carbons (Fsp3) is 0.389. The van der Waals surface area contributed by atoms with Gasteiger partial charge in [0.05, 0.1) is 7.11 Å². The Morgan fingerprint density at radius 2 is 2.10 bits per heavy atom. The van der Waals surface area contributed by atoms with Gasteiger partial charge in [0.15, 0.2) is 0 Å². The summed E-state index contributed by atoms with van der Waals surface area (Å²) in [6.07, 6.45) is 7.69.